The number of hydrogen-bond acceptors (Lipinski definition) is 5. The van der Waals surface area contributed by atoms with Crippen molar-refractivity contribution < 1.29 is 4.79 Å². The largest absolute Gasteiger partial charge is 0.324 e. The molecule has 1 heterocycles. The lowest BCUT2D eigenvalue weighted by Crippen LogP contribution is -2.15. The van der Waals surface area contributed by atoms with Gasteiger partial charge >= 0.3 is 0 Å². The molecule has 38 heavy (non-hydrogen) atoms. The molecule has 0 unspecified atom stereocenters. The Bertz CT molecular complexity index is 1570. The molecule has 4 aromatic carbocycles. The fourth-order valence-electron chi connectivity index (χ4n) is 3.84. The first kappa shape index (κ1) is 26.1. The standard InChI is InChI=1S/C30H25ClN4OS2/c1-20-12-15-24(18-21(20)2)35-29(22-8-4-3-5-9-22)33-34-30(35)37-19-28(36)32-26-10-6-7-11-27(26)38-25-16-13-23(31)14-17-25/h3-18H,19H2,1-2H3,(H,32,36). The van der Waals surface area contributed by atoms with Gasteiger partial charge < -0.3 is 5.32 Å². The maximum Gasteiger partial charge on any atom is 0.234 e. The molecule has 1 amide bonds. The predicted molar refractivity (Wildman–Crippen MR) is 158 cm³/mol. The van der Waals surface area contributed by atoms with Crippen LogP contribution >= 0.6 is 35.1 Å². The van der Waals surface area contributed by atoms with Gasteiger partial charge in [-0.3, -0.25) is 9.36 Å². The van der Waals surface area contributed by atoms with Crippen LogP contribution in [0.25, 0.3) is 17.1 Å². The Hall–Kier alpha value is -3.52. The highest BCUT2D eigenvalue weighted by atomic mass is 35.5. The third-order valence-corrected chi connectivity index (χ3v) is 8.21. The quantitative estimate of drug-likeness (QED) is 0.196. The molecule has 0 fully saturated rings. The molecular formula is C30H25ClN4OS2. The van der Waals surface area contributed by atoms with E-state index in [1.807, 2.05) is 83.4 Å². The van der Waals surface area contributed by atoms with Gasteiger partial charge in [0.2, 0.25) is 5.91 Å². The Morgan fingerprint density at radius 2 is 1.61 bits per heavy atom. The van der Waals surface area contributed by atoms with Crippen LogP contribution < -0.4 is 5.32 Å². The lowest BCUT2D eigenvalue weighted by atomic mass is 10.1. The fraction of sp³-hybridized carbons (Fsp3) is 0.100. The molecule has 1 aromatic heterocycles. The molecule has 1 N–H and O–H groups in total. The molecule has 0 bridgehead atoms. The number of thioether (sulfide) groups is 1. The van der Waals surface area contributed by atoms with E-state index in [0.29, 0.717) is 10.2 Å². The number of aryl methyl sites for hydroxylation is 2. The topological polar surface area (TPSA) is 59.8 Å². The van der Waals surface area contributed by atoms with Crippen LogP contribution in [-0.2, 0) is 4.79 Å². The molecule has 8 heteroatoms. The number of hydrogen-bond donors (Lipinski definition) is 1. The number of carbonyl (C=O) groups excluding carboxylic acids is 1. The lowest BCUT2D eigenvalue weighted by molar-refractivity contribution is -0.113. The second-order valence-electron chi connectivity index (χ2n) is 8.67. The highest BCUT2D eigenvalue weighted by molar-refractivity contribution is 8.00. The van der Waals surface area contributed by atoms with E-state index in [4.69, 9.17) is 11.6 Å². The maximum atomic E-state index is 13.0. The zero-order valence-electron chi connectivity index (χ0n) is 20.9. The van der Waals surface area contributed by atoms with E-state index in [0.717, 1.165) is 32.6 Å². The summed E-state index contributed by atoms with van der Waals surface area (Å²) < 4.78 is 2.02. The minimum Gasteiger partial charge on any atom is -0.324 e. The number of anilines is 1. The highest BCUT2D eigenvalue weighted by Gasteiger charge is 2.18. The third-order valence-electron chi connectivity index (χ3n) is 5.95. The molecule has 5 nitrogen and oxygen atoms in total. The first-order valence-corrected chi connectivity index (χ1v) is 14.2. The monoisotopic (exact) mass is 556 g/mol. The summed E-state index contributed by atoms with van der Waals surface area (Å²) in [4.78, 5) is 15.0. The molecule has 0 saturated heterocycles. The number of aromatic nitrogens is 3. The van der Waals surface area contributed by atoms with Crippen LogP contribution in [0.1, 0.15) is 11.1 Å². The lowest BCUT2D eigenvalue weighted by Gasteiger charge is -2.13. The summed E-state index contributed by atoms with van der Waals surface area (Å²) >= 11 is 8.96. The van der Waals surface area contributed by atoms with Crippen LogP contribution in [0.2, 0.25) is 5.02 Å². The number of benzene rings is 4. The first-order chi connectivity index (χ1) is 18.5. The van der Waals surface area contributed by atoms with Gasteiger partial charge in [0.15, 0.2) is 11.0 Å². The van der Waals surface area contributed by atoms with Crippen LogP contribution in [0.5, 0.6) is 0 Å². The van der Waals surface area contributed by atoms with Crippen LogP contribution in [0.3, 0.4) is 0 Å². The van der Waals surface area contributed by atoms with Gasteiger partial charge in [0.25, 0.3) is 0 Å². The molecule has 0 aliphatic rings. The smallest absolute Gasteiger partial charge is 0.234 e. The normalized spacial score (nSPS) is 10.9. The number of halogens is 1. The summed E-state index contributed by atoms with van der Waals surface area (Å²) in [6.45, 7) is 4.18. The second kappa shape index (κ2) is 11.9. The summed E-state index contributed by atoms with van der Waals surface area (Å²) in [7, 11) is 0. The number of nitrogens with one attached hydrogen (secondary N) is 1. The second-order valence-corrected chi connectivity index (χ2v) is 11.2. The van der Waals surface area contributed by atoms with Crippen molar-refractivity contribution in [2.45, 2.75) is 28.8 Å². The number of amides is 1. The third kappa shape index (κ3) is 6.13. The van der Waals surface area contributed by atoms with E-state index in [-0.39, 0.29) is 11.7 Å². The van der Waals surface area contributed by atoms with Crippen molar-refractivity contribution in [2.75, 3.05) is 11.1 Å². The van der Waals surface area contributed by atoms with E-state index in [9.17, 15) is 4.79 Å². The summed E-state index contributed by atoms with van der Waals surface area (Å²) in [6.07, 6.45) is 0. The average molecular weight is 557 g/mol. The van der Waals surface area contributed by atoms with Gasteiger partial charge in [-0.25, -0.2) is 0 Å². The van der Waals surface area contributed by atoms with Gasteiger partial charge in [-0.2, -0.15) is 0 Å². The molecular weight excluding hydrogens is 532 g/mol. The highest BCUT2D eigenvalue weighted by Crippen LogP contribution is 2.34. The summed E-state index contributed by atoms with van der Waals surface area (Å²) in [5.74, 6) is 0.814. The Morgan fingerprint density at radius 3 is 2.37 bits per heavy atom. The van der Waals surface area contributed by atoms with Crippen molar-refractivity contribution in [3.63, 3.8) is 0 Å². The fourth-order valence-corrected chi connectivity index (χ4v) is 5.62. The number of nitrogens with zero attached hydrogens (tertiary/aromatic N) is 3. The molecule has 0 atom stereocenters. The number of para-hydroxylation sites is 1. The van der Waals surface area contributed by atoms with E-state index in [1.54, 1.807) is 11.8 Å². The average Bonchev–Trinajstić information content (AvgIpc) is 3.36. The van der Waals surface area contributed by atoms with Gasteiger partial charge in [-0.05, 0) is 73.5 Å². The van der Waals surface area contributed by atoms with Gasteiger partial charge in [-0.1, -0.05) is 83.7 Å². The zero-order chi connectivity index (χ0) is 26.5. The Kier molecular flexibility index (Phi) is 8.17. The van der Waals surface area contributed by atoms with Crippen molar-refractivity contribution in [3.8, 4) is 17.1 Å². The molecule has 190 valence electrons. The van der Waals surface area contributed by atoms with Crippen LogP contribution in [-0.4, -0.2) is 26.4 Å². The first-order valence-electron chi connectivity index (χ1n) is 12.0. The molecule has 0 spiro atoms. The van der Waals surface area contributed by atoms with Crippen molar-refractivity contribution in [1.82, 2.24) is 14.8 Å². The summed E-state index contributed by atoms with van der Waals surface area (Å²) in [5, 5.41) is 13.4. The number of carbonyl (C=O) groups is 1. The van der Waals surface area contributed by atoms with E-state index < -0.39 is 0 Å². The van der Waals surface area contributed by atoms with Crippen LogP contribution in [0.4, 0.5) is 5.69 Å². The minimum atomic E-state index is -0.116. The minimum absolute atomic E-state index is 0.116. The Morgan fingerprint density at radius 1 is 0.868 bits per heavy atom. The van der Waals surface area contributed by atoms with Crippen LogP contribution in [0, 0.1) is 13.8 Å². The summed E-state index contributed by atoms with van der Waals surface area (Å²) in [5.41, 5.74) is 5.08. The van der Waals surface area contributed by atoms with Crippen molar-refractivity contribution >= 4 is 46.7 Å². The molecule has 0 radical (unpaired) electrons. The predicted octanol–water partition coefficient (Wildman–Crippen LogP) is 8.09. The number of rotatable bonds is 8. The zero-order valence-corrected chi connectivity index (χ0v) is 23.3. The molecule has 0 aliphatic carbocycles. The van der Waals surface area contributed by atoms with Crippen molar-refractivity contribution in [3.05, 3.63) is 113 Å². The van der Waals surface area contributed by atoms with Crippen molar-refractivity contribution in [1.29, 1.82) is 0 Å². The summed E-state index contributed by atoms with van der Waals surface area (Å²) in [6, 6.07) is 31.7. The van der Waals surface area contributed by atoms with E-state index >= 15 is 0 Å². The molecule has 0 aliphatic heterocycles. The molecule has 5 rings (SSSR count). The van der Waals surface area contributed by atoms with E-state index in [1.165, 1.54) is 22.9 Å². The van der Waals surface area contributed by atoms with Crippen molar-refractivity contribution in [2.24, 2.45) is 0 Å². The maximum absolute atomic E-state index is 13.0. The van der Waals surface area contributed by atoms with Gasteiger partial charge in [0, 0.05) is 20.4 Å². The van der Waals surface area contributed by atoms with Crippen LogP contribution in [0.15, 0.2) is 112 Å². The Labute approximate surface area is 235 Å². The SMILES string of the molecule is Cc1ccc(-n2c(SCC(=O)Nc3ccccc3Sc3ccc(Cl)cc3)nnc2-c2ccccc2)cc1C. The van der Waals surface area contributed by atoms with Gasteiger partial charge in [-0.15, -0.1) is 10.2 Å². The van der Waals surface area contributed by atoms with E-state index in [2.05, 4.69) is 47.6 Å². The Balaban J connectivity index is 1.36. The van der Waals surface area contributed by atoms with Gasteiger partial charge in [0.05, 0.1) is 17.1 Å². The molecule has 5 aromatic rings. The van der Waals surface area contributed by atoms with Gasteiger partial charge in [0.1, 0.15) is 0 Å². The molecule has 0 saturated carbocycles.